The third-order valence-electron chi connectivity index (χ3n) is 4.23. The van der Waals surface area contributed by atoms with E-state index in [0.717, 1.165) is 37.4 Å². The minimum Gasteiger partial charge on any atom is -0.368 e. The van der Waals surface area contributed by atoms with Gasteiger partial charge in [0.05, 0.1) is 5.69 Å². The van der Waals surface area contributed by atoms with Gasteiger partial charge in [-0.15, -0.1) is 0 Å². The summed E-state index contributed by atoms with van der Waals surface area (Å²) in [4.78, 5) is 4.94. The molecule has 0 spiro atoms. The van der Waals surface area contributed by atoms with Crippen molar-refractivity contribution in [3.05, 3.63) is 23.8 Å². The number of hydrogen-bond acceptors (Lipinski definition) is 4. The molecule has 0 N–H and O–H groups in total. The highest BCUT2D eigenvalue weighted by Gasteiger charge is 2.29. The summed E-state index contributed by atoms with van der Waals surface area (Å²) in [6, 6.07) is 5.84. The number of hydrogen-bond donors (Lipinski definition) is 0. The van der Waals surface area contributed by atoms with Gasteiger partial charge in [-0.1, -0.05) is 26.0 Å². The molecule has 6 heteroatoms. The molecule has 1 aliphatic rings. The van der Waals surface area contributed by atoms with Gasteiger partial charge in [0, 0.05) is 40.3 Å². The lowest BCUT2D eigenvalue weighted by Gasteiger charge is -2.36. The molecule has 0 aromatic heterocycles. The minimum atomic E-state index is -3.47. The molecule has 0 radical (unpaired) electrons. The Kier molecular flexibility index (Phi) is 5.14. The third-order valence-corrected chi connectivity index (χ3v) is 6.15. The molecule has 124 valence electrons. The Morgan fingerprint density at radius 1 is 1.09 bits per heavy atom. The topological polar surface area (TPSA) is 43.9 Å². The summed E-state index contributed by atoms with van der Waals surface area (Å²) in [6.45, 7) is 7.69. The molecule has 1 fully saturated rings. The van der Waals surface area contributed by atoms with Crippen LogP contribution in [-0.4, -0.2) is 64.9 Å². The van der Waals surface area contributed by atoms with Gasteiger partial charge >= 0.3 is 0 Å². The molecule has 0 aliphatic carbocycles. The van der Waals surface area contributed by atoms with Crippen LogP contribution in [0.25, 0.3) is 0 Å². The van der Waals surface area contributed by atoms with E-state index >= 15 is 0 Å². The first kappa shape index (κ1) is 17.2. The Morgan fingerprint density at radius 2 is 1.68 bits per heavy atom. The van der Waals surface area contributed by atoms with E-state index in [0.29, 0.717) is 4.90 Å². The highest BCUT2D eigenvalue weighted by Crippen LogP contribution is 2.34. The largest absolute Gasteiger partial charge is 0.368 e. The Labute approximate surface area is 134 Å². The maximum absolute atomic E-state index is 12.9. The van der Waals surface area contributed by atoms with E-state index in [2.05, 4.69) is 16.8 Å². The van der Waals surface area contributed by atoms with Gasteiger partial charge in [-0.2, -0.15) is 0 Å². The van der Waals surface area contributed by atoms with E-state index < -0.39 is 10.0 Å². The zero-order valence-corrected chi connectivity index (χ0v) is 15.0. The highest BCUT2D eigenvalue weighted by atomic mass is 32.2. The van der Waals surface area contributed by atoms with Gasteiger partial charge in [0.15, 0.2) is 0 Å². The summed E-state index contributed by atoms with van der Waals surface area (Å²) in [5, 5.41) is 0. The van der Waals surface area contributed by atoms with Crippen LogP contribution in [0.5, 0.6) is 0 Å². The second-order valence-electron chi connectivity index (χ2n) is 6.43. The molecule has 0 atom stereocenters. The molecular weight excluding hydrogens is 298 g/mol. The van der Waals surface area contributed by atoms with Crippen LogP contribution < -0.4 is 4.90 Å². The van der Waals surface area contributed by atoms with Crippen molar-refractivity contribution in [1.82, 2.24) is 9.21 Å². The SMILES string of the molecule is CC(C)c1cccc(N2CCN(C)CC2)c1S(=O)(=O)N(C)C. The fourth-order valence-electron chi connectivity index (χ4n) is 2.76. The molecule has 22 heavy (non-hydrogen) atoms. The van der Waals surface area contributed by atoms with Crippen molar-refractivity contribution in [3.8, 4) is 0 Å². The maximum atomic E-state index is 12.9. The quantitative estimate of drug-likeness (QED) is 0.847. The number of sulfonamides is 1. The standard InChI is InChI=1S/C16H27N3O2S/c1-13(2)14-7-6-8-15(16(14)22(20,21)17(3)4)19-11-9-18(5)10-12-19/h6-8,13H,9-12H2,1-5H3. The number of benzene rings is 1. The van der Waals surface area contributed by atoms with Crippen molar-refractivity contribution in [2.75, 3.05) is 52.2 Å². The van der Waals surface area contributed by atoms with E-state index in [1.807, 2.05) is 32.0 Å². The number of piperazine rings is 1. The molecule has 2 rings (SSSR count). The predicted molar refractivity (Wildman–Crippen MR) is 91.1 cm³/mol. The fourth-order valence-corrected chi connectivity index (χ4v) is 4.19. The first-order valence-corrected chi connectivity index (χ1v) is 9.18. The molecular formula is C16H27N3O2S. The van der Waals surface area contributed by atoms with Gasteiger partial charge < -0.3 is 9.80 Å². The number of anilines is 1. The summed E-state index contributed by atoms with van der Waals surface area (Å²) in [7, 11) is 1.82. The monoisotopic (exact) mass is 325 g/mol. The lowest BCUT2D eigenvalue weighted by Crippen LogP contribution is -2.45. The lowest BCUT2D eigenvalue weighted by molar-refractivity contribution is 0.312. The van der Waals surface area contributed by atoms with Crippen LogP contribution in [0.1, 0.15) is 25.3 Å². The number of rotatable bonds is 4. The third kappa shape index (κ3) is 3.29. The van der Waals surface area contributed by atoms with Crippen molar-refractivity contribution in [2.24, 2.45) is 0 Å². The number of nitrogens with zero attached hydrogens (tertiary/aromatic N) is 3. The van der Waals surface area contributed by atoms with Crippen LogP contribution in [-0.2, 0) is 10.0 Å². The molecule has 1 aromatic rings. The zero-order valence-electron chi connectivity index (χ0n) is 14.2. The van der Waals surface area contributed by atoms with Crippen LogP contribution >= 0.6 is 0 Å². The number of likely N-dealkylation sites (N-methyl/N-ethyl adjacent to an activating group) is 1. The summed E-state index contributed by atoms with van der Waals surface area (Å²) >= 11 is 0. The van der Waals surface area contributed by atoms with E-state index in [4.69, 9.17) is 0 Å². The summed E-state index contributed by atoms with van der Waals surface area (Å²) in [5.74, 6) is 0.164. The van der Waals surface area contributed by atoms with Crippen molar-refractivity contribution < 1.29 is 8.42 Å². The van der Waals surface area contributed by atoms with Gasteiger partial charge in [-0.25, -0.2) is 12.7 Å². The van der Waals surface area contributed by atoms with Gasteiger partial charge in [0.25, 0.3) is 0 Å². The fraction of sp³-hybridized carbons (Fsp3) is 0.625. The van der Waals surface area contributed by atoms with Crippen LogP contribution in [0.2, 0.25) is 0 Å². The molecule has 1 heterocycles. The molecule has 1 saturated heterocycles. The van der Waals surface area contributed by atoms with Crippen molar-refractivity contribution in [2.45, 2.75) is 24.7 Å². The van der Waals surface area contributed by atoms with E-state index in [-0.39, 0.29) is 5.92 Å². The summed E-state index contributed by atoms with van der Waals surface area (Å²) in [6.07, 6.45) is 0. The molecule has 1 aliphatic heterocycles. The van der Waals surface area contributed by atoms with Crippen LogP contribution in [0, 0.1) is 0 Å². The smallest absolute Gasteiger partial charge is 0.244 e. The molecule has 0 amide bonds. The minimum absolute atomic E-state index is 0.164. The molecule has 0 saturated carbocycles. The zero-order chi connectivity index (χ0) is 16.5. The predicted octanol–water partition coefficient (Wildman–Crippen LogP) is 1.81. The Balaban J connectivity index is 2.57. The van der Waals surface area contributed by atoms with Gasteiger partial charge in [0.1, 0.15) is 4.90 Å². The summed E-state index contributed by atoms with van der Waals surface area (Å²) in [5.41, 5.74) is 1.73. The Bertz CT molecular complexity index is 618. The first-order valence-electron chi connectivity index (χ1n) is 7.74. The molecule has 1 aromatic carbocycles. The second-order valence-corrected chi connectivity index (χ2v) is 8.52. The first-order chi connectivity index (χ1) is 10.2. The van der Waals surface area contributed by atoms with E-state index in [1.165, 1.54) is 4.31 Å². The average Bonchev–Trinajstić information content (AvgIpc) is 2.47. The van der Waals surface area contributed by atoms with E-state index in [1.54, 1.807) is 14.1 Å². The Morgan fingerprint density at radius 3 is 2.18 bits per heavy atom. The second kappa shape index (κ2) is 6.56. The molecule has 0 bridgehead atoms. The maximum Gasteiger partial charge on any atom is 0.244 e. The van der Waals surface area contributed by atoms with E-state index in [9.17, 15) is 8.42 Å². The van der Waals surface area contributed by atoms with Gasteiger partial charge in [0.2, 0.25) is 10.0 Å². The van der Waals surface area contributed by atoms with Crippen LogP contribution in [0.4, 0.5) is 5.69 Å². The highest BCUT2D eigenvalue weighted by molar-refractivity contribution is 7.89. The average molecular weight is 325 g/mol. The summed E-state index contributed by atoms with van der Waals surface area (Å²) < 4.78 is 27.1. The van der Waals surface area contributed by atoms with Crippen molar-refractivity contribution in [3.63, 3.8) is 0 Å². The van der Waals surface area contributed by atoms with Crippen molar-refractivity contribution in [1.29, 1.82) is 0 Å². The molecule has 0 unspecified atom stereocenters. The van der Waals surface area contributed by atoms with Crippen LogP contribution in [0.3, 0.4) is 0 Å². The van der Waals surface area contributed by atoms with Crippen LogP contribution in [0.15, 0.2) is 23.1 Å². The normalized spacial score (nSPS) is 17.5. The Hall–Kier alpha value is -1.11. The van der Waals surface area contributed by atoms with Gasteiger partial charge in [-0.05, 0) is 24.6 Å². The van der Waals surface area contributed by atoms with Gasteiger partial charge in [-0.3, -0.25) is 0 Å². The lowest BCUT2D eigenvalue weighted by atomic mass is 10.0. The molecule has 5 nitrogen and oxygen atoms in total. The van der Waals surface area contributed by atoms with Crippen molar-refractivity contribution >= 4 is 15.7 Å².